The van der Waals surface area contributed by atoms with Gasteiger partial charge in [0.25, 0.3) is 11.6 Å². The molecule has 0 aromatic heterocycles. The number of nitro groups is 1. The summed E-state index contributed by atoms with van der Waals surface area (Å²) in [6.07, 6.45) is 0.743. The molecule has 1 rings (SSSR count). The predicted molar refractivity (Wildman–Crippen MR) is 62.8 cm³/mol. The summed E-state index contributed by atoms with van der Waals surface area (Å²) in [5.41, 5.74) is -0.925. The Morgan fingerprint density at radius 2 is 2.28 bits per heavy atom. The zero-order valence-electron chi connectivity index (χ0n) is 9.81. The topological polar surface area (TPSA) is 81.5 Å². The van der Waals surface area contributed by atoms with Gasteiger partial charge in [-0.3, -0.25) is 14.9 Å². The molecule has 1 aromatic carbocycles. The third-order valence-electron chi connectivity index (χ3n) is 2.03. The summed E-state index contributed by atoms with van der Waals surface area (Å²) in [7, 11) is 0. The van der Waals surface area contributed by atoms with Crippen LogP contribution >= 0.6 is 0 Å². The van der Waals surface area contributed by atoms with Crippen LogP contribution in [0.15, 0.2) is 18.2 Å². The molecule has 0 fully saturated rings. The SMILES string of the molecule is CCCOCC(=O)Nc1c(F)cccc1[N+](=O)[O-]. The molecule has 0 radical (unpaired) electrons. The number of nitrogens with one attached hydrogen (secondary N) is 1. The van der Waals surface area contributed by atoms with Gasteiger partial charge in [-0.25, -0.2) is 4.39 Å². The van der Waals surface area contributed by atoms with Crippen LogP contribution < -0.4 is 5.32 Å². The third-order valence-corrected chi connectivity index (χ3v) is 2.03. The number of hydrogen-bond donors (Lipinski definition) is 1. The normalized spacial score (nSPS) is 10.1. The van der Waals surface area contributed by atoms with Gasteiger partial charge >= 0.3 is 0 Å². The molecule has 1 aromatic rings. The first-order valence-corrected chi connectivity index (χ1v) is 5.36. The number of carbonyl (C=O) groups excluding carboxylic acids is 1. The maximum Gasteiger partial charge on any atom is 0.295 e. The first-order chi connectivity index (χ1) is 8.56. The van der Waals surface area contributed by atoms with Crippen LogP contribution in [0.25, 0.3) is 0 Å². The second-order valence-corrected chi connectivity index (χ2v) is 3.49. The Bertz CT molecular complexity index is 451. The number of rotatable bonds is 6. The molecule has 6 nitrogen and oxygen atoms in total. The van der Waals surface area contributed by atoms with Gasteiger partial charge in [0.1, 0.15) is 6.61 Å². The van der Waals surface area contributed by atoms with Gasteiger partial charge < -0.3 is 10.1 Å². The number of nitro benzene ring substituents is 1. The number of hydrogen-bond acceptors (Lipinski definition) is 4. The fraction of sp³-hybridized carbons (Fsp3) is 0.364. The van der Waals surface area contributed by atoms with Crippen molar-refractivity contribution in [3.8, 4) is 0 Å². The van der Waals surface area contributed by atoms with Crippen molar-refractivity contribution in [2.45, 2.75) is 13.3 Å². The number of anilines is 1. The molecule has 0 aliphatic rings. The lowest BCUT2D eigenvalue weighted by Crippen LogP contribution is -2.20. The van der Waals surface area contributed by atoms with E-state index in [4.69, 9.17) is 4.74 Å². The van der Waals surface area contributed by atoms with E-state index in [2.05, 4.69) is 5.32 Å². The summed E-state index contributed by atoms with van der Waals surface area (Å²) >= 11 is 0. The number of para-hydroxylation sites is 1. The smallest absolute Gasteiger partial charge is 0.295 e. The molecule has 0 aliphatic carbocycles. The Hall–Kier alpha value is -2.02. The average molecular weight is 256 g/mol. The van der Waals surface area contributed by atoms with Gasteiger partial charge in [-0.15, -0.1) is 0 Å². The number of amides is 1. The van der Waals surface area contributed by atoms with Crippen LogP contribution in [0.3, 0.4) is 0 Å². The van der Waals surface area contributed by atoms with Crippen LogP contribution in [0.4, 0.5) is 15.8 Å². The van der Waals surface area contributed by atoms with Gasteiger partial charge in [-0.2, -0.15) is 0 Å². The van der Waals surface area contributed by atoms with E-state index in [1.807, 2.05) is 6.92 Å². The molecule has 98 valence electrons. The van der Waals surface area contributed by atoms with Crippen LogP contribution in [0, 0.1) is 15.9 Å². The lowest BCUT2D eigenvalue weighted by Gasteiger charge is -2.07. The maximum atomic E-state index is 13.4. The summed E-state index contributed by atoms with van der Waals surface area (Å²) in [5, 5.41) is 12.8. The largest absolute Gasteiger partial charge is 0.372 e. The highest BCUT2D eigenvalue weighted by atomic mass is 19.1. The predicted octanol–water partition coefficient (Wildman–Crippen LogP) is 2.10. The van der Waals surface area contributed by atoms with E-state index in [0.29, 0.717) is 6.61 Å². The summed E-state index contributed by atoms with van der Waals surface area (Å²) < 4.78 is 18.4. The van der Waals surface area contributed by atoms with Crippen molar-refractivity contribution >= 4 is 17.3 Å². The Morgan fingerprint density at radius 1 is 1.56 bits per heavy atom. The minimum atomic E-state index is -0.854. The quantitative estimate of drug-likeness (QED) is 0.480. The molecule has 0 spiro atoms. The van der Waals surface area contributed by atoms with Crippen LogP contribution in [-0.2, 0) is 9.53 Å². The van der Waals surface area contributed by atoms with E-state index in [0.717, 1.165) is 18.6 Å². The Kier molecular flexibility index (Phi) is 5.19. The van der Waals surface area contributed by atoms with Crippen LogP contribution in [0.1, 0.15) is 13.3 Å². The van der Waals surface area contributed by atoms with Crippen LogP contribution in [-0.4, -0.2) is 24.0 Å². The Balaban J connectivity index is 2.77. The van der Waals surface area contributed by atoms with E-state index in [1.165, 1.54) is 6.07 Å². The number of carbonyl (C=O) groups is 1. The number of nitrogens with zero attached hydrogens (tertiary/aromatic N) is 1. The molecule has 7 heteroatoms. The number of ether oxygens (including phenoxy) is 1. The second-order valence-electron chi connectivity index (χ2n) is 3.49. The van der Waals surface area contributed by atoms with E-state index < -0.39 is 28.0 Å². The van der Waals surface area contributed by atoms with Crippen LogP contribution in [0.2, 0.25) is 0 Å². The molecule has 0 aliphatic heterocycles. The lowest BCUT2D eigenvalue weighted by molar-refractivity contribution is -0.384. The fourth-order valence-electron chi connectivity index (χ4n) is 1.27. The van der Waals surface area contributed by atoms with Gasteiger partial charge in [0.15, 0.2) is 11.5 Å². The van der Waals surface area contributed by atoms with Gasteiger partial charge in [0.05, 0.1) is 4.92 Å². The van der Waals surface area contributed by atoms with Gasteiger partial charge in [0, 0.05) is 12.7 Å². The monoisotopic (exact) mass is 256 g/mol. The van der Waals surface area contributed by atoms with Crippen molar-refractivity contribution in [2.24, 2.45) is 0 Å². The lowest BCUT2D eigenvalue weighted by atomic mass is 10.2. The average Bonchev–Trinajstić information content (AvgIpc) is 2.31. The first kappa shape index (κ1) is 14.0. The highest BCUT2D eigenvalue weighted by Gasteiger charge is 2.19. The maximum absolute atomic E-state index is 13.4. The molecule has 18 heavy (non-hydrogen) atoms. The van der Waals surface area contributed by atoms with Crippen molar-refractivity contribution in [3.63, 3.8) is 0 Å². The fourth-order valence-corrected chi connectivity index (χ4v) is 1.27. The standard InChI is InChI=1S/C11H13FN2O4/c1-2-6-18-7-10(15)13-11-8(12)4-3-5-9(11)14(16)17/h3-5H,2,6-7H2,1H3,(H,13,15). The van der Waals surface area contributed by atoms with Crippen molar-refractivity contribution in [3.05, 3.63) is 34.1 Å². The third kappa shape index (κ3) is 3.77. The summed E-state index contributed by atoms with van der Waals surface area (Å²) in [4.78, 5) is 21.3. The zero-order valence-corrected chi connectivity index (χ0v) is 9.81. The molecule has 0 unspecified atom stereocenters. The molecule has 0 saturated carbocycles. The summed E-state index contributed by atoms with van der Waals surface area (Å²) in [5.74, 6) is -1.48. The zero-order chi connectivity index (χ0) is 13.5. The van der Waals surface area contributed by atoms with E-state index in [-0.39, 0.29) is 6.61 Å². The van der Waals surface area contributed by atoms with Gasteiger partial charge in [-0.05, 0) is 12.5 Å². The summed E-state index contributed by atoms with van der Waals surface area (Å²) in [6.45, 7) is 2.01. The molecule has 0 heterocycles. The number of halogens is 1. The van der Waals surface area contributed by atoms with Gasteiger partial charge in [0.2, 0.25) is 0 Å². The molecule has 1 amide bonds. The number of benzene rings is 1. The van der Waals surface area contributed by atoms with Gasteiger partial charge in [-0.1, -0.05) is 13.0 Å². The first-order valence-electron chi connectivity index (χ1n) is 5.36. The molecule has 0 atom stereocenters. The molecule has 0 bridgehead atoms. The molecular weight excluding hydrogens is 243 g/mol. The van der Waals surface area contributed by atoms with E-state index >= 15 is 0 Å². The Morgan fingerprint density at radius 3 is 2.89 bits per heavy atom. The molecular formula is C11H13FN2O4. The van der Waals surface area contributed by atoms with Crippen molar-refractivity contribution in [2.75, 3.05) is 18.5 Å². The van der Waals surface area contributed by atoms with E-state index in [1.54, 1.807) is 0 Å². The molecule has 1 N–H and O–H groups in total. The molecule has 0 saturated heterocycles. The highest BCUT2D eigenvalue weighted by molar-refractivity contribution is 5.94. The van der Waals surface area contributed by atoms with Crippen molar-refractivity contribution < 1.29 is 18.8 Å². The Labute approximate surface area is 103 Å². The second kappa shape index (κ2) is 6.65. The van der Waals surface area contributed by atoms with Crippen LogP contribution in [0.5, 0.6) is 0 Å². The minimum absolute atomic E-state index is 0.265. The van der Waals surface area contributed by atoms with Crippen molar-refractivity contribution in [1.29, 1.82) is 0 Å². The highest BCUT2D eigenvalue weighted by Crippen LogP contribution is 2.26. The van der Waals surface area contributed by atoms with Crippen molar-refractivity contribution in [1.82, 2.24) is 0 Å². The minimum Gasteiger partial charge on any atom is -0.372 e. The van der Waals surface area contributed by atoms with E-state index in [9.17, 15) is 19.3 Å². The summed E-state index contributed by atoms with van der Waals surface area (Å²) in [6, 6.07) is 3.36.